The molecule has 9 heteroatoms. The minimum Gasteiger partial charge on any atom is -0.486 e. The second-order valence-electron chi connectivity index (χ2n) is 6.14. The Labute approximate surface area is 160 Å². The highest BCUT2D eigenvalue weighted by molar-refractivity contribution is 5.91. The van der Waals surface area contributed by atoms with Gasteiger partial charge in [-0.05, 0) is 31.2 Å². The average molecular weight is 386 g/mol. The number of fused-ring (bicyclic) bond motifs is 1. The van der Waals surface area contributed by atoms with Crippen molar-refractivity contribution in [3.63, 3.8) is 0 Å². The topological polar surface area (TPSA) is 117 Å². The highest BCUT2D eigenvalue weighted by atomic mass is 16.6. The Morgan fingerprint density at radius 1 is 1.25 bits per heavy atom. The summed E-state index contributed by atoms with van der Waals surface area (Å²) in [6.45, 7) is 1.53. The van der Waals surface area contributed by atoms with E-state index >= 15 is 0 Å². The van der Waals surface area contributed by atoms with E-state index in [-0.39, 0.29) is 23.9 Å². The number of carbonyl (C=O) groups is 2. The van der Waals surface area contributed by atoms with Crippen LogP contribution in [0.2, 0.25) is 0 Å². The SMILES string of the molecule is Cc1cc(C(=O)OCC(=O)NCC2COc3ccccc3O2)ccc1[N+](=O)[O-]. The molecule has 0 aromatic heterocycles. The van der Waals surface area contributed by atoms with Gasteiger partial charge in [0, 0.05) is 11.6 Å². The van der Waals surface area contributed by atoms with Crippen molar-refractivity contribution in [3.8, 4) is 11.5 Å². The molecule has 1 N–H and O–H groups in total. The third-order valence-electron chi connectivity index (χ3n) is 4.06. The van der Waals surface area contributed by atoms with E-state index in [2.05, 4.69) is 5.32 Å². The van der Waals surface area contributed by atoms with E-state index in [0.717, 1.165) is 0 Å². The minimum absolute atomic E-state index is 0.0921. The number of nitrogens with zero attached hydrogens (tertiary/aromatic N) is 1. The van der Waals surface area contributed by atoms with Crippen LogP contribution in [0.3, 0.4) is 0 Å². The number of nitro groups is 1. The smallest absolute Gasteiger partial charge is 0.338 e. The van der Waals surface area contributed by atoms with E-state index < -0.39 is 23.4 Å². The largest absolute Gasteiger partial charge is 0.486 e. The molecule has 0 spiro atoms. The maximum atomic E-state index is 12.0. The van der Waals surface area contributed by atoms with Crippen LogP contribution in [0, 0.1) is 17.0 Å². The highest BCUT2D eigenvalue weighted by Crippen LogP contribution is 2.30. The van der Waals surface area contributed by atoms with Gasteiger partial charge in [0.15, 0.2) is 18.1 Å². The van der Waals surface area contributed by atoms with Gasteiger partial charge in [0.05, 0.1) is 17.0 Å². The fraction of sp³-hybridized carbons (Fsp3) is 0.263. The van der Waals surface area contributed by atoms with Gasteiger partial charge < -0.3 is 19.5 Å². The van der Waals surface area contributed by atoms with Crippen LogP contribution in [-0.4, -0.2) is 42.7 Å². The molecule has 1 unspecified atom stereocenters. The molecule has 1 aliphatic heterocycles. The van der Waals surface area contributed by atoms with Crippen molar-refractivity contribution in [3.05, 3.63) is 63.7 Å². The van der Waals surface area contributed by atoms with Gasteiger partial charge in [-0.25, -0.2) is 4.79 Å². The van der Waals surface area contributed by atoms with Crippen LogP contribution in [0.25, 0.3) is 0 Å². The zero-order chi connectivity index (χ0) is 20.1. The number of benzene rings is 2. The number of carbonyl (C=O) groups excluding carboxylic acids is 2. The first kappa shape index (κ1) is 19.2. The van der Waals surface area contributed by atoms with Crippen LogP contribution in [0.1, 0.15) is 15.9 Å². The zero-order valence-corrected chi connectivity index (χ0v) is 15.0. The van der Waals surface area contributed by atoms with Gasteiger partial charge in [-0.15, -0.1) is 0 Å². The lowest BCUT2D eigenvalue weighted by Crippen LogP contribution is -2.42. The number of ether oxygens (including phenoxy) is 3. The fourth-order valence-electron chi connectivity index (χ4n) is 2.64. The number of para-hydroxylation sites is 2. The molecular formula is C19H18N2O7. The standard InChI is InChI=1S/C19H18N2O7/c1-12-8-13(6-7-15(12)21(24)25)19(23)27-11-18(22)20-9-14-10-26-16-4-2-3-5-17(16)28-14/h2-8,14H,9-11H2,1H3,(H,20,22). The van der Waals surface area contributed by atoms with Crippen molar-refractivity contribution in [1.82, 2.24) is 5.32 Å². The van der Waals surface area contributed by atoms with E-state index in [1.165, 1.54) is 25.1 Å². The van der Waals surface area contributed by atoms with Crippen molar-refractivity contribution < 1.29 is 28.7 Å². The molecule has 28 heavy (non-hydrogen) atoms. The first-order chi connectivity index (χ1) is 13.4. The highest BCUT2D eigenvalue weighted by Gasteiger charge is 2.21. The molecule has 0 aliphatic carbocycles. The number of hydrogen-bond donors (Lipinski definition) is 1. The Hall–Kier alpha value is -3.62. The Morgan fingerprint density at radius 2 is 2.00 bits per heavy atom. The zero-order valence-electron chi connectivity index (χ0n) is 15.0. The molecule has 1 amide bonds. The van der Waals surface area contributed by atoms with Crippen molar-refractivity contribution >= 4 is 17.6 Å². The second kappa shape index (κ2) is 8.38. The van der Waals surface area contributed by atoms with E-state index in [4.69, 9.17) is 14.2 Å². The van der Waals surface area contributed by atoms with E-state index in [0.29, 0.717) is 23.7 Å². The maximum Gasteiger partial charge on any atom is 0.338 e. The molecule has 1 atom stereocenters. The lowest BCUT2D eigenvalue weighted by atomic mass is 10.1. The first-order valence-corrected chi connectivity index (χ1v) is 8.51. The molecule has 2 aromatic rings. The van der Waals surface area contributed by atoms with Gasteiger partial charge in [-0.2, -0.15) is 0 Å². The normalized spacial score (nSPS) is 14.8. The lowest BCUT2D eigenvalue weighted by molar-refractivity contribution is -0.385. The Balaban J connectivity index is 1.45. The van der Waals surface area contributed by atoms with Gasteiger partial charge in [-0.1, -0.05) is 12.1 Å². The van der Waals surface area contributed by atoms with E-state index in [1.807, 2.05) is 12.1 Å². The molecule has 9 nitrogen and oxygen atoms in total. The monoisotopic (exact) mass is 386 g/mol. The first-order valence-electron chi connectivity index (χ1n) is 8.51. The number of amides is 1. The molecular weight excluding hydrogens is 368 g/mol. The van der Waals surface area contributed by atoms with Crippen molar-refractivity contribution in [1.29, 1.82) is 0 Å². The number of esters is 1. The molecule has 3 rings (SSSR count). The molecule has 0 radical (unpaired) electrons. The number of hydrogen-bond acceptors (Lipinski definition) is 7. The predicted octanol–water partition coefficient (Wildman–Crippen LogP) is 2.02. The summed E-state index contributed by atoms with van der Waals surface area (Å²) in [5.41, 5.74) is 0.376. The van der Waals surface area contributed by atoms with Crippen LogP contribution < -0.4 is 14.8 Å². The summed E-state index contributed by atoms with van der Waals surface area (Å²) < 4.78 is 16.2. The van der Waals surface area contributed by atoms with Gasteiger partial charge >= 0.3 is 5.97 Å². The fourth-order valence-corrected chi connectivity index (χ4v) is 2.64. The summed E-state index contributed by atoms with van der Waals surface area (Å²) in [4.78, 5) is 34.2. The Bertz CT molecular complexity index is 913. The Kier molecular flexibility index (Phi) is 5.73. The number of aryl methyl sites for hydroxylation is 1. The third kappa shape index (κ3) is 4.56. The van der Waals surface area contributed by atoms with E-state index in [9.17, 15) is 19.7 Å². The summed E-state index contributed by atoms with van der Waals surface area (Å²) in [5.74, 6) is 0.0270. The van der Waals surface area contributed by atoms with Crippen LogP contribution in [0.15, 0.2) is 42.5 Å². The second-order valence-corrected chi connectivity index (χ2v) is 6.14. The number of nitrogens with one attached hydrogen (secondary N) is 1. The Morgan fingerprint density at radius 3 is 2.71 bits per heavy atom. The molecule has 1 heterocycles. The predicted molar refractivity (Wildman–Crippen MR) is 97.5 cm³/mol. The van der Waals surface area contributed by atoms with Crippen molar-refractivity contribution in [2.75, 3.05) is 19.8 Å². The third-order valence-corrected chi connectivity index (χ3v) is 4.06. The van der Waals surface area contributed by atoms with Gasteiger partial charge in [0.2, 0.25) is 0 Å². The molecule has 0 saturated carbocycles. The average Bonchev–Trinajstić information content (AvgIpc) is 2.69. The molecule has 1 aliphatic rings. The number of rotatable bonds is 6. The van der Waals surface area contributed by atoms with Gasteiger partial charge in [0.1, 0.15) is 12.7 Å². The van der Waals surface area contributed by atoms with Crippen LogP contribution >= 0.6 is 0 Å². The van der Waals surface area contributed by atoms with E-state index in [1.54, 1.807) is 12.1 Å². The summed E-state index contributed by atoms with van der Waals surface area (Å²) in [5, 5.41) is 13.4. The van der Waals surface area contributed by atoms with Crippen LogP contribution in [0.5, 0.6) is 11.5 Å². The minimum atomic E-state index is -0.737. The maximum absolute atomic E-state index is 12.0. The molecule has 146 valence electrons. The summed E-state index contributed by atoms with van der Waals surface area (Å²) in [7, 11) is 0. The summed E-state index contributed by atoms with van der Waals surface area (Å²) in [6.07, 6.45) is -0.355. The molecule has 2 aromatic carbocycles. The van der Waals surface area contributed by atoms with Crippen LogP contribution in [0.4, 0.5) is 5.69 Å². The van der Waals surface area contributed by atoms with Gasteiger partial charge in [0.25, 0.3) is 11.6 Å². The van der Waals surface area contributed by atoms with Gasteiger partial charge in [-0.3, -0.25) is 14.9 Å². The summed E-state index contributed by atoms with van der Waals surface area (Å²) >= 11 is 0. The van der Waals surface area contributed by atoms with Crippen LogP contribution in [-0.2, 0) is 9.53 Å². The quantitative estimate of drug-likeness (QED) is 0.458. The summed E-state index contributed by atoms with van der Waals surface area (Å²) in [6, 6.07) is 11.1. The molecule has 0 saturated heterocycles. The number of nitro benzene ring substituents is 1. The van der Waals surface area contributed by atoms with Crippen molar-refractivity contribution in [2.45, 2.75) is 13.0 Å². The molecule has 0 bridgehead atoms. The van der Waals surface area contributed by atoms with Crippen molar-refractivity contribution in [2.24, 2.45) is 0 Å². The lowest BCUT2D eigenvalue weighted by Gasteiger charge is -2.26. The molecule has 0 fully saturated rings.